The Labute approximate surface area is 362 Å². The highest BCUT2D eigenvalue weighted by Gasteiger charge is 2.44. The highest BCUT2D eigenvalue weighted by atomic mass is 32.1. The van der Waals surface area contributed by atoms with Gasteiger partial charge in [0.05, 0.1) is 60.3 Å². The van der Waals surface area contributed by atoms with Crippen LogP contribution in [-0.4, -0.2) is 96.4 Å². The fraction of sp³-hybridized carbons (Fsp3) is 0.426. The molecule has 0 radical (unpaired) electrons. The van der Waals surface area contributed by atoms with Crippen molar-refractivity contribution in [2.75, 3.05) is 44.5 Å². The second-order valence-corrected chi connectivity index (χ2v) is 17.3. The van der Waals surface area contributed by atoms with E-state index in [9.17, 15) is 24.3 Å². The molecule has 14 heteroatoms. The molecule has 13 nitrogen and oxygen atoms in total. The molecule has 1 fully saturated rings. The lowest BCUT2D eigenvalue weighted by Crippen LogP contribution is -2.58. The van der Waals surface area contributed by atoms with Gasteiger partial charge in [-0.2, -0.15) is 0 Å². The van der Waals surface area contributed by atoms with Crippen molar-refractivity contribution in [3.05, 3.63) is 107 Å². The van der Waals surface area contributed by atoms with Gasteiger partial charge in [-0.1, -0.05) is 88.4 Å². The Morgan fingerprint density at radius 3 is 2.36 bits per heavy atom. The number of rotatable bonds is 18. The highest BCUT2D eigenvalue weighted by Crippen LogP contribution is 2.38. The van der Waals surface area contributed by atoms with E-state index in [0.717, 1.165) is 50.5 Å². The summed E-state index contributed by atoms with van der Waals surface area (Å²) in [7, 11) is 0. The summed E-state index contributed by atoms with van der Waals surface area (Å²) in [5, 5.41) is 16.4. The van der Waals surface area contributed by atoms with Gasteiger partial charge in [-0.05, 0) is 60.6 Å². The summed E-state index contributed by atoms with van der Waals surface area (Å²) in [6.45, 7) is 12.5. The van der Waals surface area contributed by atoms with Crippen molar-refractivity contribution in [1.29, 1.82) is 0 Å². The molecule has 0 unspecified atom stereocenters. The number of anilines is 1. The number of fused-ring (bicyclic) bond motifs is 1. The zero-order valence-electron chi connectivity index (χ0n) is 35.8. The molecule has 1 saturated heterocycles. The minimum absolute atomic E-state index is 0.0109. The number of hydrogen-bond acceptors (Lipinski definition) is 10. The number of hydrogen-bond donors (Lipinski definition) is 3. The van der Waals surface area contributed by atoms with E-state index in [1.54, 1.807) is 16.2 Å². The molecule has 0 saturated carbocycles. The fourth-order valence-corrected chi connectivity index (χ4v) is 8.37. The van der Waals surface area contributed by atoms with Gasteiger partial charge >= 0.3 is 0 Å². The third-order valence-corrected chi connectivity index (χ3v) is 11.8. The van der Waals surface area contributed by atoms with E-state index >= 15 is 0 Å². The number of ether oxygens (including phenoxy) is 3. The molecule has 2 aliphatic rings. The standard InChI is InChI=1S/C47H57N5O8S/c1-7-10-38-37-11-8-9-12-39(37)51(45(38)56)26-32-13-19-36(20-14-32)60-24-23-58-21-22-59-28-41(54)50-43(47(4,5)6)46(57)52-27-35(53)25-40(52)44(55)49-30(2)33-15-17-34(18-16-33)42-31(3)48-29-61-42/h8-20,29-30,35,40,43,53H,7,21-28H2,1-6H3,(H,49,55)(H,50,54)/b38-10+/t30-,35+,40-,43+/m0/s1. The first-order chi connectivity index (χ1) is 29.2. The summed E-state index contributed by atoms with van der Waals surface area (Å²) >= 11 is 1.57. The molecular weight excluding hydrogens is 795 g/mol. The molecule has 3 aromatic carbocycles. The Morgan fingerprint density at radius 1 is 0.967 bits per heavy atom. The van der Waals surface area contributed by atoms with Crippen molar-refractivity contribution in [1.82, 2.24) is 20.5 Å². The van der Waals surface area contributed by atoms with Gasteiger partial charge in [0.15, 0.2) is 0 Å². The number of amides is 4. The Kier molecular flexibility index (Phi) is 15.1. The zero-order chi connectivity index (χ0) is 43.7. The van der Waals surface area contributed by atoms with Crippen molar-refractivity contribution in [3.63, 3.8) is 0 Å². The van der Waals surface area contributed by atoms with Gasteiger partial charge in [-0.25, -0.2) is 4.98 Å². The molecule has 1 aromatic heterocycles. The lowest BCUT2D eigenvalue weighted by Gasteiger charge is -2.35. The van der Waals surface area contributed by atoms with Crippen LogP contribution in [0.3, 0.4) is 0 Å². The maximum absolute atomic E-state index is 14.0. The molecule has 4 atom stereocenters. The maximum Gasteiger partial charge on any atom is 0.258 e. The molecule has 4 aromatic rings. The normalized spacial score (nSPS) is 18.0. The number of likely N-dealkylation sites (tertiary alicyclic amines) is 1. The van der Waals surface area contributed by atoms with E-state index < -0.39 is 35.4 Å². The summed E-state index contributed by atoms with van der Waals surface area (Å²) in [6, 6.07) is 21.2. The van der Waals surface area contributed by atoms with Gasteiger partial charge in [0.2, 0.25) is 17.7 Å². The van der Waals surface area contributed by atoms with Crippen LogP contribution in [0.4, 0.5) is 5.69 Å². The number of carbonyl (C=O) groups is 4. The van der Waals surface area contributed by atoms with Crippen LogP contribution in [0.5, 0.6) is 5.75 Å². The molecule has 0 bridgehead atoms. The monoisotopic (exact) mass is 851 g/mol. The number of para-hydroxylation sites is 1. The van der Waals surface area contributed by atoms with Crippen molar-refractivity contribution >= 4 is 46.2 Å². The van der Waals surface area contributed by atoms with Crippen molar-refractivity contribution in [2.45, 2.75) is 85.2 Å². The van der Waals surface area contributed by atoms with Gasteiger partial charge in [0, 0.05) is 24.1 Å². The highest BCUT2D eigenvalue weighted by molar-refractivity contribution is 7.13. The molecule has 324 valence electrons. The number of aromatic nitrogens is 1. The number of β-amino-alcohol motifs (C(OH)–C–C–N with tert-alkyl or cyclic N) is 1. The molecule has 4 amide bonds. The smallest absolute Gasteiger partial charge is 0.258 e. The first-order valence-electron chi connectivity index (χ1n) is 20.8. The fourth-order valence-electron chi connectivity index (χ4n) is 7.56. The molecule has 61 heavy (non-hydrogen) atoms. The molecule has 0 aliphatic carbocycles. The maximum atomic E-state index is 14.0. The van der Waals surface area contributed by atoms with Gasteiger partial charge < -0.3 is 39.8 Å². The van der Waals surface area contributed by atoms with Crippen molar-refractivity contribution < 1.29 is 38.5 Å². The number of aliphatic hydroxyl groups is 1. The summed E-state index contributed by atoms with van der Waals surface area (Å²) in [5.74, 6) is -0.614. The number of nitrogens with one attached hydrogen (secondary N) is 2. The van der Waals surface area contributed by atoms with Gasteiger partial charge in [-0.3, -0.25) is 19.2 Å². The van der Waals surface area contributed by atoms with Crippen molar-refractivity contribution in [3.8, 4) is 16.2 Å². The summed E-state index contributed by atoms with van der Waals surface area (Å²) < 4.78 is 17.0. The number of benzene rings is 3. The van der Waals surface area contributed by atoms with Crippen LogP contribution in [0.25, 0.3) is 16.0 Å². The second-order valence-electron chi connectivity index (χ2n) is 16.5. The Hall–Kier alpha value is -5.41. The van der Waals surface area contributed by atoms with Crippen LogP contribution in [0.1, 0.15) is 75.9 Å². The first-order valence-corrected chi connectivity index (χ1v) is 21.7. The Balaban J connectivity index is 0.903. The molecule has 6 rings (SSSR count). The zero-order valence-corrected chi connectivity index (χ0v) is 36.6. The van der Waals surface area contributed by atoms with E-state index in [2.05, 4.69) is 15.6 Å². The number of carbonyl (C=O) groups excluding carboxylic acids is 4. The molecule has 3 heterocycles. The third kappa shape index (κ3) is 11.3. The predicted octanol–water partition coefficient (Wildman–Crippen LogP) is 6.24. The van der Waals surface area contributed by atoms with Crippen LogP contribution in [0, 0.1) is 12.3 Å². The minimum Gasteiger partial charge on any atom is -0.491 e. The van der Waals surface area contributed by atoms with Crippen LogP contribution < -0.4 is 20.3 Å². The van der Waals surface area contributed by atoms with Crippen LogP contribution in [-0.2, 0) is 35.2 Å². The van der Waals surface area contributed by atoms with Crippen LogP contribution in [0.15, 0.2) is 84.4 Å². The summed E-state index contributed by atoms with van der Waals surface area (Å²) in [6.07, 6.45) is 1.98. The molecule has 2 aliphatic heterocycles. The Bertz CT molecular complexity index is 2180. The second kappa shape index (κ2) is 20.4. The molecule has 0 spiro atoms. The predicted molar refractivity (Wildman–Crippen MR) is 236 cm³/mol. The molecule has 3 N–H and O–H groups in total. The van der Waals surface area contributed by atoms with Crippen molar-refractivity contribution in [2.24, 2.45) is 5.41 Å². The minimum atomic E-state index is -0.970. The summed E-state index contributed by atoms with van der Waals surface area (Å²) in [5.41, 5.74) is 7.64. The lowest BCUT2D eigenvalue weighted by molar-refractivity contribution is -0.144. The van der Waals surface area contributed by atoms with E-state index in [1.165, 1.54) is 4.90 Å². The van der Waals surface area contributed by atoms with Crippen LogP contribution in [0.2, 0.25) is 0 Å². The quantitative estimate of drug-likeness (QED) is 0.0779. The number of aliphatic hydroxyl groups excluding tert-OH is 1. The summed E-state index contributed by atoms with van der Waals surface area (Å²) in [4.78, 5) is 62.4. The molecular formula is C47H57N5O8S. The van der Waals surface area contributed by atoms with E-state index in [0.29, 0.717) is 25.5 Å². The number of nitrogens with zero attached hydrogens (tertiary/aromatic N) is 3. The van der Waals surface area contributed by atoms with Gasteiger partial charge in [0.25, 0.3) is 5.91 Å². The van der Waals surface area contributed by atoms with Gasteiger partial charge in [0.1, 0.15) is 31.0 Å². The van der Waals surface area contributed by atoms with E-state index in [1.807, 2.05) is 126 Å². The average molecular weight is 852 g/mol. The van der Waals surface area contributed by atoms with E-state index in [-0.39, 0.29) is 50.6 Å². The largest absolute Gasteiger partial charge is 0.491 e. The van der Waals surface area contributed by atoms with Crippen LogP contribution >= 0.6 is 11.3 Å². The topological polar surface area (TPSA) is 160 Å². The lowest BCUT2D eigenvalue weighted by atomic mass is 9.85. The number of thiazole rings is 1. The Morgan fingerprint density at radius 2 is 1.67 bits per heavy atom. The van der Waals surface area contributed by atoms with E-state index in [4.69, 9.17) is 14.2 Å². The number of allylic oxidation sites excluding steroid dienone is 1. The third-order valence-electron chi connectivity index (χ3n) is 10.8. The SMILES string of the molecule is CC/C=C1/C(=O)N(Cc2ccc(OCCOCCOCC(=O)N[C@H](C(=O)N3C[C@H](O)C[C@H]3C(=O)N[C@@H](C)c3ccc(-c4scnc4C)cc3)C(C)(C)C)cc2)c2ccccc21. The number of aryl methyl sites for hydroxylation is 1. The van der Waals surface area contributed by atoms with Gasteiger partial charge in [-0.15, -0.1) is 11.3 Å². The average Bonchev–Trinajstić information content (AvgIpc) is 3.93. The first kappa shape index (κ1) is 45.1.